The van der Waals surface area contributed by atoms with Crippen LogP contribution in [-0.2, 0) is 0 Å². The molecule has 0 aliphatic rings. The second kappa shape index (κ2) is 2.77. The second-order valence-corrected chi connectivity index (χ2v) is 3.26. The van der Waals surface area contributed by atoms with E-state index in [1.807, 2.05) is 30.5 Å². The van der Waals surface area contributed by atoms with Crippen LogP contribution in [0.15, 0.2) is 48.7 Å². The van der Waals surface area contributed by atoms with Crippen molar-refractivity contribution in [1.29, 1.82) is 0 Å². The number of fused-ring (bicyclic) bond motifs is 3. The van der Waals surface area contributed by atoms with Crippen LogP contribution in [0.25, 0.3) is 21.7 Å². The molecule has 1 heterocycles. The summed E-state index contributed by atoms with van der Waals surface area (Å²) in [6.45, 7) is 0. The molecule has 0 atom stereocenters. The van der Waals surface area contributed by atoms with E-state index in [-0.39, 0.29) is 0 Å². The highest BCUT2D eigenvalue weighted by Gasteiger charge is 2.00. The molecule has 3 aromatic rings. The van der Waals surface area contributed by atoms with Gasteiger partial charge in [0.05, 0.1) is 11.7 Å². The number of benzene rings is 1. The molecule has 0 bridgehead atoms. The number of nitrogens with zero attached hydrogens (tertiary/aromatic N) is 2. The average molecular weight is 180 g/mol. The van der Waals surface area contributed by atoms with Crippen LogP contribution in [0.2, 0.25) is 0 Å². The summed E-state index contributed by atoms with van der Waals surface area (Å²) in [4.78, 5) is 0. The van der Waals surface area contributed by atoms with E-state index < -0.39 is 0 Å². The van der Waals surface area contributed by atoms with E-state index in [4.69, 9.17) is 0 Å². The fraction of sp³-hybridized carbons (Fsp3) is 0. The maximum absolute atomic E-state index is 4.04. The third kappa shape index (κ3) is 0.973. The Bertz CT molecular complexity index is 602. The maximum Gasteiger partial charge on any atom is 0.0951 e. The SMILES string of the molecule is c1ccc2ccc3nncc3c2cc1. The largest absolute Gasteiger partial charge is 0.158 e. The fourth-order valence-corrected chi connectivity index (χ4v) is 1.72. The van der Waals surface area contributed by atoms with Gasteiger partial charge in [0.1, 0.15) is 0 Å². The minimum absolute atomic E-state index is 0.962. The van der Waals surface area contributed by atoms with Gasteiger partial charge in [0.2, 0.25) is 0 Å². The summed E-state index contributed by atoms with van der Waals surface area (Å²) in [6, 6.07) is 14.4. The summed E-state index contributed by atoms with van der Waals surface area (Å²) in [5.74, 6) is 0. The Hall–Kier alpha value is -1.96. The van der Waals surface area contributed by atoms with Gasteiger partial charge in [-0.05, 0) is 16.8 Å². The van der Waals surface area contributed by atoms with Gasteiger partial charge in [-0.2, -0.15) is 10.2 Å². The average Bonchev–Trinajstić information content (AvgIpc) is 2.55. The van der Waals surface area contributed by atoms with Crippen molar-refractivity contribution in [2.75, 3.05) is 0 Å². The highest BCUT2D eigenvalue weighted by Crippen LogP contribution is 2.22. The first-order valence-electron chi connectivity index (χ1n) is 4.54. The van der Waals surface area contributed by atoms with Gasteiger partial charge in [-0.25, -0.2) is 0 Å². The van der Waals surface area contributed by atoms with Crippen LogP contribution >= 0.6 is 0 Å². The number of hydrogen-bond donors (Lipinski definition) is 0. The monoisotopic (exact) mass is 180 g/mol. The molecule has 14 heavy (non-hydrogen) atoms. The van der Waals surface area contributed by atoms with E-state index in [0.717, 1.165) is 10.9 Å². The van der Waals surface area contributed by atoms with E-state index in [0.29, 0.717) is 0 Å². The summed E-state index contributed by atoms with van der Waals surface area (Å²) in [5, 5.41) is 11.5. The molecule has 0 amide bonds. The Kier molecular flexibility index (Phi) is 1.47. The zero-order chi connectivity index (χ0) is 9.38. The zero-order valence-corrected chi connectivity index (χ0v) is 7.51. The molecule has 0 radical (unpaired) electrons. The van der Waals surface area contributed by atoms with Crippen molar-refractivity contribution in [2.24, 2.45) is 0 Å². The minimum atomic E-state index is 0.962. The van der Waals surface area contributed by atoms with Crippen molar-refractivity contribution in [2.45, 2.75) is 0 Å². The van der Waals surface area contributed by atoms with Gasteiger partial charge in [0.15, 0.2) is 0 Å². The standard InChI is InChI=1S/C12H8N2/c1-2-4-9-6-7-12-11(8-13-14-12)10(9)5-3-1/h1-8H. The summed E-state index contributed by atoms with van der Waals surface area (Å²) < 4.78 is 0. The van der Waals surface area contributed by atoms with Gasteiger partial charge in [-0.1, -0.05) is 36.4 Å². The quantitative estimate of drug-likeness (QED) is 0.531. The molecular weight excluding hydrogens is 172 g/mol. The third-order valence-electron chi connectivity index (χ3n) is 2.41. The van der Waals surface area contributed by atoms with Crippen LogP contribution in [0.5, 0.6) is 0 Å². The van der Waals surface area contributed by atoms with Crippen LogP contribution in [-0.4, -0.2) is 10.2 Å². The molecular formula is C12H8N2. The van der Waals surface area contributed by atoms with Crippen LogP contribution in [0.3, 0.4) is 0 Å². The first kappa shape index (κ1) is 7.44. The highest BCUT2D eigenvalue weighted by atomic mass is 15.1. The molecule has 2 nitrogen and oxygen atoms in total. The number of hydrogen-bond acceptors (Lipinski definition) is 2. The van der Waals surface area contributed by atoms with Crippen molar-refractivity contribution < 1.29 is 0 Å². The maximum atomic E-state index is 4.04. The van der Waals surface area contributed by atoms with Gasteiger partial charge in [-0.15, -0.1) is 0 Å². The first-order valence-corrected chi connectivity index (χ1v) is 4.54. The van der Waals surface area contributed by atoms with Crippen LogP contribution < -0.4 is 0 Å². The van der Waals surface area contributed by atoms with Crippen molar-refractivity contribution in [3.8, 4) is 0 Å². The van der Waals surface area contributed by atoms with Gasteiger partial charge in [0, 0.05) is 5.39 Å². The lowest BCUT2D eigenvalue weighted by Crippen LogP contribution is -1.69. The molecule has 2 heteroatoms. The van der Waals surface area contributed by atoms with Gasteiger partial charge in [0.25, 0.3) is 0 Å². The molecule has 3 rings (SSSR count). The zero-order valence-electron chi connectivity index (χ0n) is 7.51. The Morgan fingerprint density at radius 1 is 0.786 bits per heavy atom. The molecule has 1 aromatic heterocycles. The van der Waals surface area contributed by atoms with E-state index >= 15 is 0 Å². The van der Waals surface area contributed by atoms with E-state index in [1.165, 1.54) is 10.8 Å². The van der Waals surface area contributed by atoms with E-state index in [1.54, 1.807) is 0 Å². The van der Waals surface area contributed by atoms with Crippen LogP contribution in [0.4, 0.5) is 0 Å². The Morgan fingerprint density at radius 3 is 2.71 bits per heavy atom. The van der Waals surface area contributed by atoms with Crippen molar-refractivity contribution in [3.63, 3.8) is 0 Å². The molecule has 0 saturated heterocycles. The molecule has 0 aliphatic carbocycles. The van der Waals surface area contributed by atoms with Crippen LogP contribution in [0, 0.1) is 0 Å². The van der Waals surface area contributed by atoms with Crippen LogP contribution in [0.1, 0.15) is 0 Å². The van der Waals surface area contributed by atoms with Gasteiger partial charge >= 0.3 is 0 Å². The van der Waals surface area contributed by atoms with E-state index in [9.17, 15) is 0 Å². The van der Waals surface area contributed by atoms with E-state index in [2.05, 4.69) is 28.4 Å². The summed E-state index contributed by atoms with van der Waals surface area (Å²) in [6.07, 6.45) is 1.82. The highest BCUT2D eigenvalue weighted by molar-refractivity contribution is 6.05. The van der Waals surface area contributed by atoms with Gasteiger partial charge < -0.3 is 0 Å². The van der Waals surface area contributed by atoms with Crippen molar-refractivity contribution >= 4 is 21.7 Å². The molecule has 66 valence electrons. The molecule has 2 aromatic carbocycles. The molecule has 0 aliphatic heterocycles. The van der Waals surface area contributed by atoms with Crippen molar-refractivity contribution in [3.05, 3.63) is 48.7 Å². The smallest absolute Gasteiger partial charge is 0.0951 e. The Morgan fingerprint density at radius 2 is 1.71 bits per heavy atom. The summed E-state index contributed by atoms with van der Waals surface area (Å²) in [7, 11) is 0. The number of aromatic nitrogens is 2. The molecule has 0 fully saturated rings. The Balaban J connectivity index is 2.64. The lowest BCUT2D eigenvalue weighted by molar-refractivity contribution is 1.12. The lowest BCUT2D eigenvalue weighted by atomic mass is 10.1. The summed E-state index contributed by atoms with van der Waals surface area (Å²) in [5.41, 5.74) is 0.962. The lowest BCUT2D eigenvalue weighted by Gasteiger charge is -1.92. The third-order valence-corrected chi connectivity index (χ3v) is 2.41. The predicted molar refractivity (Wildman–Crippen MR) is 57.0 cm³/mol. The topological polar surface area (TPSA) is 25.8 Å². The second-order valence-electron chi connectivity index (χ2n) is 3.26. The molecule has 0 unspecified atom stereocenters. The molecule has 0 N–H and O–H groups in total. The first-order chi connectivity index (χ1) is 6.95. The summed E-state index contributed by atoms with van der Waals surface area (Å²) >= 11 is 0. The molecule has 0 saturated carbocycles. The fourth-order valence-electron chi connectivity index (χ4n) is 1.72. The minimum Gasteiger partial charge on any atom is -0.158 e. The van der Waals surface area contributed by atoms with Crippen molar-refractivity contribution in [1.82, 2.24) is 10.2 Å². The molecule has 0 spiro atoms. The predicted octanol–water partition coefficient (Wildman–Crippen LogP) is 2.78. The Labute approximate surface area is 81.2 Å². The number of rotatable bonds is 0. The van der Waals surface area contributed by atoms with Gasteiger partial charge in [-0.3, -0.25) is 0 Å². The normalized spacial score (nSPS) is 10.9.